The van der Waals surface area contributed by atoms with Crippen LogP contribution in [-0.4, -0.2) is 57.3 Å². The third-order valence-electron chi connectivity index (χ3n) is 5.10. The summed E-state index contributed by atoms with van der Waals surface area (Å²) < 4.78 is 32.2. The van der Waals surface area contributed by atoms with E-state index in [0.29, 0.717) is 18.8 Å². The first-order valence-electron chi connectivity index (χ1n) is 9.97. The molecule has 0 spiro atoms. The van der Waals surface area contributed by atoms with E-state index >= 15 is 0 Å². The zero-order valence-corrected chi connectivity index (χ0v) is 19.1. The van der Waals surface area contributed by atoms with Crippen LogP contribution in [0.25, 0.3) is 0 Å². The van der Waals surface area contributed by atoms with Crippen molar-refractivity contribution in [1.82, 2.24) is 9.21 Å². The molecule has 1 N–H and O–H groups in total. The lowest BCUT2D eigenvalue weighted by Crippen LogP contribution is -2.32. The number of anilines is 1. The van der Waals surface area contributed by atoms with E-state index in [-0.39, 0.29) is 23.4 Å². The molecule has 0 saturated heterocycles. The lowest BCUT2D eigenvalue weighted by molar-refractivity contribution is -0.117. The molecule has 0 aromatic heterocycles. The minimum Gasteiger partial charge on any atom is -0.496 e. The molecule has 2 aromatic rings. The minimum atomic E-state index is -3.58. The van der Waals surface area contributed by atoms with Crippen molar-refractivity contribution in [2.45, 2.75) is 31.7 Å². The topological polar surface area (TPSA) is 79.0 Å². The summed E-state index contributed by atoms with van der Waals surface area (Å²) in [4.78, 5) is 14.6. The summed E-state index contributed by atoms with van der Waals surface area (Å²) >= 11 is 0. The molecule has 0 aliphatic heterocycles. The number of carbonyl (C=O) groups excluding carboxylic acids is 1. The van der Waals surface area contributed by atoms with Crippen LogP contribution < -0.4 is 10.1 Å². The maximum atomic E-state index is 12.7. The van der Waals surface area contributed by atoms with Crippen LogP contribution in [0.15, 0.2) is 53.4 Å². The molecular formula is C22H31N3O4S. The molecule has 0 aliphatic rings. The molecule has 1 atom stereocenters. The second-order valence-electron chi connectivity index (χ2n) is 7.00. The molecule has 7 nitrogen and oxygen atoms in total. The van der Waals surface area contributed by atoms with Gasteiger partial charge in [0.1, 0.15) is 5.75 Å². The van der Waals surface area contributed by atoms with Crippen LogP contribution in [0.4, 0.5) is 5.69 Å². The summed E-state index contributed by atoms with van der Waals surface area (Å²) in [6.45, 7) is 6.52. The predicted octanol–water partition coefficient (Wildman–Crippen LogP) is 3.36. The second-order valence-corrected chi connectivity index (χ2v) is 8.94. The van der Waals surface area contributed by atoms with Crippen molar-refractivity contribution < 1.29 is 17.9 Å². The molecule has 0 radical (unpaired) electrons. The lowest BCUT2D eigenvalue weighted by Gasteiger charge is -2.26. The van der Waals surface area contributed by atoms with Crippen molar-refractivity contribution in [3.05, 3.63) is 54.1 Å². The Labute approximate surface area is 179 Å². The first-order valence-corrected chi connectivity index (χ1v) is 11.4. The Morgan fingerprint density at radius 3 is 2.40 bits per heavy atom. The van der Waals surface area contributed by atoms with E-state index in [4.69, 9.17) is 4.74 Å². The highest BCUT2D eigenvalue weighted by Gasteiger charge is 2.22. The quantitative estimate of drug-likeness (QED) is 0.622. The number of likely N-dealkylation sites (N-methyl/N-ethyl adjacent to an activating group) is 1. The van der Waals surface area contributed by atoms with Crippen molar-refractivity contribution in [3.8, 4) is 5.75 Å². The van der Waals surface area contributed by atoms with Crippen LogP contribution in [0, 0.1) is 0 Å². The van der Waals surface area contributed by atoms with Crippen molar-refractivity contribution in [1.29, 1.82) is 0 Å². The Balaban J connectivity index is 2.09. The highest BCUT2D eigenvalue weighted by atomic mass is 32.2. The number of sulfonamides is 1. The number of methoxy groups -OCH3 is 1. The average molecular weight is 434 g/mol. The third-order valence-corrected chi connectivity index (χ3v) is 7.15. The second kappa shape index (κ2) is 10.6. The summed E-state index contributed by atoms with van der Waals surface area (Å²) in [6.07, 6.45) is 0. The molecule has 1 amide bonds. The number of carbonyl (C=O) groups is 1. The van der Waals surface area contributed by atoms with Gasteiger partial charge in [-0.2, -0.15) is 4.31 Å². The molecule has 0 fully saturated rings. The largest absolute Gasteiger partial charge is 0.496 e. The summed E-state index contributed by atoms with van der Waals surface area (Å²) in [5.74, 6) is 0.545. The van der Waals surface area contributed by atoms with Crippen molar-refractivity contribution in [2.24, 2.45) is 0 Å². The highest BCUT2D eigenvalue weighted by Crippen LogP contribution is 2.28. The lowest BCUT2D eigenvalue weighted by atomic mass is 10.1. The van der Waals surface area contributed by atoms with Gasteiger partial charge in [-0.05, 0) is 38.2 Å². The van der Waals surface area contributed by atoms with Crippen LogP contribution in [0.1, 0.15) is 32.4 Å². The zero-order valence-electron chi connectivity index (χ0n) is 18.3. The van der Waals surface area contributed by atoms with Gasteiger partial charge >= 0.3 is 0 Å². The van der Waals surface area contributed by atoms with Crippen LogP contribution >= 0.6 is 0 Å². The zero-order chi connectivity index (χ0) is 22.3. The number of benzene rings is 2. The van der Waals surface area contributed by atoms with Crippen LogP contribution in [0.2, 0.25) is 0 Å². The molecule has 2 rings (SSSR count). The number of ether oxygens (including phenoxy) is 1. The van der Waals surface area contributed by atoms with E-state index in [1.807, 2.05) is 43.1 Å². The maximum Gasteiger partial charge on any atom is 0.243 e. The fraction of sp³-hybridized carbons (Fsp3) is 0.409. The van der Waals surface area contributed by atoms with Gasteiger partial charge in [0.2, 0.25) is 15.9 Å². The first kappa shape index (κ1) is 23.9. The molecule has 164 valence electrons. The molecular weight excluding hydrogens is 402 g/mol. The number of hydrogen-bond donors (Lipinski definition) is 1. The Morgan fingerprint density at radius 2 is 1.77 bits per heavy atom. The summed E-state index contributed by atoms with van der Waals surface area (Å²) in [7, 11) is -0.100. The van der Waals surface area contributed by atoms with E-state index in [2.05, 4.69) is 5.32 Å². The Kier molecular flexibility index (Phi) is 8.40. The van der Waals surface area contributed by atoms with Gasteiger partial charge < -0.3 is 10.1 Å². The molecule has 0 bridgehead atoms. The van der Waals surface area contributed by atoms with E-state index in [1.165, 1.54) is 10.4 Å². The smallest absolute Gasteiger partial charge is 0.243 e. The average Bonchev–Trinajstić information content (AvgIpc) is 2.73. The first-order chi connectivity index (χ1) is 14.2. The van der Waals surface area contributed by atoms with Gasteiger partial charge in [-0.25, -0.2) is 8.42 Å². The third kappa shape index (κ3) is 5.59. The SMILES string of the molecule is CCN(CC)S(=O)(=O)c1cccc(NC(=O)CN(C)C(C)c2ccccc2OC)c1. The van der Waals surface area contributed by atoms with Gasteiger partial charge in [0, 0.05) is 30.4 Å². The summed E-state index contributed by atoms with van der Waals surface area (Å²) in [5.41, 5.74) is 1.44. The maximum absolute atomic E-state index is 12.7. The summed E-state index contributed by atoms with van der Waals surface area (Å²) in [5, 5.41) is 2.80. The Bertz CT molecular complexity index is 958. The monoisotopic (exact) mass is 433 g/mol. The van der Waals surface area contributed by atoms with E-state index < -0.39 is 10.0 Å². The normalized spacial score (nSPS) is 12.8. The van der Waals surface area contributed by atoms with Gasteiger partial charge in [0.25, 0.3) is 0 Å². The van der Waals surface area contributed by atoms with E-state index in [1.54, 1.807) is 39.2 Å². The molecule has 1 unspecified atom stereocenters. The number of nitrogens with zero attached hydrogens (tertiary/aromatic N) is 2. The summed E-state index contributed by atoms with van der Waals surface area (Å²) in [6, 6.07) is 14.0. The van der Waals surface area contributed by atoms with Crippen molar-refractivity contribution >= 4 is 21.6 Å². The van der Waals surface area contributed by atoms with Gasteiger partial charge in [-0.15, -0.1) is 0 Å². The fourth-order valence-corrected chi connectivity index (χ4v) is 4.76. The molecule has 8 heteroatoms. The highest BCUT2D eigenvalue weighted by molar-refractivity contribution is 7.89. The predicted molar refractivity (Wildman–Crippen MR) is 119 cm³/mol. The number of rotatable bonds is 10. The van der Waals surface area contributed by atoms with Crippen molar-refractivity contribution in [2.75, 3.05) is 39.1 Å². The molecule has 0 heterocycles. The molecule has 0 aliphatic carbocycles. The molecule has 0 saturated carbocycles. The number of hydrogen-bond acceptors (Lipinski definition) is 5. The molecule has 30 heavy (non-hydrogen) atoms. The number of nitrogens with one attached hydrogen (secondary N) is 1. The van der Waals surface area contributed by atoms with E-state index in [9.17, 15) is 13.2 Å². The standard InChI is InChI=1S/C22H31N3O4S/c1-6-25(7-2)30(27,28)19-12-10-11-18(15-19)23-22(26)16-24(4)17(3)20-13-8-9-14-21(20)29-5/h8-15,17H,6-7,16H2,1-5H3,(H,23,26). The van der Waals surface area contributed by atoms with Gasteiger partial charge in [0.05, 0.1) is 18.6 Å². The Morgan fingerprint density at radius 1 is 1.10 bits per heavy atom. The van der Waals surface area contributed by atoms with Crippen molar-refractivity contribution in [3.63, 3.8) is 0 Å². The fourth-order valence-electron chi connectivity index (χ4n) is 3.26. The van der Waals surface area contributed by atoms with Gasteiger partial charge in [0.15, 0.2) is 0 Å². The van der Waals surface area contributed by atoms with Crippen LogP contribution in [0.5, 0.6) is 5.75 Å². The molecule has 2 aromatic carbocycles. The van der Waals surface area contributed by atoms with Gasteiger partial charge in [-0.1, -0.05) is 38.1 Å². The van der Waals surface area contributed by atoms with Gasteiger partial charge in [-0.3, -0.25) is 9.69 Å². The Hall–Kier alpha value is -2.42. The van der Waals surface area contributed by atoms with E-state index in [0.717, 1.165) is 11.3 Å². The number of para-hydroxylation sites is 1. The minimum absolute atomic E-state index is 0.0405. The van der Waals surface area contributed by atoms with Crippen LogP contribution in [-0.2, 0) is 14.8 Å². The number of amides is 1. The van der Waals surface area contributed by atoms with Crippen LogP contribution in [0.3, 0.4) is 0 Å².